The molecule has 1 fully saturated rings. The molecule has 2 aromatic rings. The quantitative estimate of drug-likeness (QED) is 0.820. The van der Waals surface area contributed by atoms with Crippen LogP contribution in [0, 0.1) is 0 Å². The second-order valence-corrected chi connectivity index (χ2v) is 5.25. The lowest BCUT2D eigenvalue weighted by Crippen LogP contribution is -3.07. The van der Waals surface area contributed by atoms with Crippen LogP contribution in [-0.4, -0.2) is 7.05 Å². The molecule has 1 heterocycles. The number of rotatable bonds is 2. The van der Waals surface area contributed by atoms with Crippen molar-refractivity contribution in [3.8, 4) is 0 Å². The minimum atomic E-state index is 0.649. The minimum absolute atomic E-state index is 0.649. The molecule has 92 valence electrons. The van der Waals surface area contributed by atoms with Crippen LogP contribution in [0.5, 0.6) is 0 Å². The molecule has 0 spiro atoms. The fourth-order valence-corrected chi connectivity index (χ4v) is 3.26. The molecule has 0 aliphatic carbocycles. The Morgan fingerprint density at radius 1 is 0.722 bits per heavy atom. The van der Waals surface area contributed by atoms with Gasteiger partial charge in [-0.25, -0.2) is 0 Å². The van der Waals surface area contributed by atoms with Crippen LogP contribution in [0.25, 0.3) is 0 Å². The molecule has 1 nitrogen and oxygen atoms in total. The molecular weight excluding hydrogens is 218 g/mol. The summed E-state index contributed by atoms with van der Waals surface area (Å²) >= 11 is 0. The van der Waals surface area contributed by atoms with Crippen LogP contribution in [0.3, 0.4) is 0 Å². The molecular formula is C17H20N+. The van der Waals surface area contributed by atoms with Crippen LogP contribution in [0.4, 0.5) is 0 Å². The second-order valence-electron chi connectivity index (χ2n) is 5.25. The molecule has 1 heteroatoms. The molecule has 1 aliphatic heterocycles. The van der Waals surface area contributed by atoms with Crippen molar-refractivity contribution in [2.75, 3.05) is 7.05 Å². The van der Waals surface area contributed by atoms with E-state index in [1.165, 1.54) is 24.0 Å². The van der Waals surface area contributed by atoms with E-state index in [2.05, 4.69) is 67.7 Å². The highest BCUT2D eigenvalue weighted by Gasteiger charge is 2.36. The molecule has 3 rings (SSSR count). The lowest BCUT2D eigenvalue weighted by atomic mass is 10.0. The fourth-order valence-electron chi connectivity index (χ4n) is 3.26. The average molecular weight is 238 g/mol. The first-order chi connectivity index (χ1) is 8.86. The van der Waals surface area contributed by atoms with E-state index < -0.39 is 0 Å². The summed E-state index contributed by atoms with van der Waals surface area (Å²) < 4.78 is 0. The van der Waals surface area contributed by atoms with Crippen molar-refractivity contribution < 1.29 is 4.90 Å². The van der Waals surface area contributed by atoms with Crippen molar-refractivity contribution in [2.24, 2.45) is 0 Å². The predicted molar refractivity (Wildman–Crippen MR) is 74.5 cm³/mol. The number of likely N-dealkylation sites (tertiary alicyclic amines) is 1. The molecule has 2 aromatic carbocycles. The maximum atomic E-state index is 2.34. The lowest BCUT2D eigenvalue weighted by molar-refractivity contribution is -0.928. The van der Waals surface area contributed by atoms with Gasteiger partial charge < -0.3 is 4.90 Å². The molecule has 0 bridgehead atoms. The highest BCUT2D eigenvalue weighted by atomic mass is 15.2. The third kappa shape index (κ3) is 2.06. The van der Waals surface area contributed by atoms with Gasteiger partial charge in [-0.3, -0.25) is 0 Å². The van der Waals surface area contributed by atoms with Crippen LogP contribution < -0.4 is 4.90 Å². The van der Waals surface area contributed by atoms with Crippen LogP contribution in [0.1, 0.15) is 36.1 Å². The van der Waals surface area contributed by atoms with Crippen molar-refractivity contribution in [3.05, 3.63) is 71.8 Å². The Kier molecular flexibility index (Phi) is 3.16. The van der Waals surface area contributed by atoms with Gasteiger partial charge in [0.15, 0.2) is 0 Å². The van der Waals surface area contributed by atoms with Gasteiger partial charge >= 0.3 is 0 Å². The summed E-state index contributed by atoms with van der Waals surface area (Å²) in [4.78, 5) is 1.63. The maximum Gasteiger partial charge on any atom is 0.114 e. The Hall–Kier alpha value is -1.60. The highest BCUT2D eigenvalue weighted by molar-refractivity contribution is 5.21. The van der Waals surface area contributed by atoms with Crippen LogP contribution in [-0.2, 0) is 0 Å². The van der Waals surface area contributed by atoms with Gasteiger partial charge in [-0.15, -0.1) is 0 Å². The summed E-state index contributed by atoms with van der Waals surface area (Å²) in [6.45, 7) is 0. The number of nitrogens with one attached hydrogen (secondary N) is 1. The van der Waals surface area contributed by atoms with Crippen molar-refractivity contribution in [3.63, 3.8) is 0 Å². The normalized spacial score (nSPS) is 24.3. The van der Waals surface area contributed by atoms with Gasteiger partial charge in [0.25, 0.3) is 0 Å². The summed E-state index contributed by atoms with van der Waals surface area (Å²) in [5.41, 5.74) is 2.96. The highest BCUT2D eigenvalue weighted by Crippen LogP contribution is 2.28. The van der Waals surface area contributed by atoms with Crippen LogP contribution in [0.2, 0.25) is 0 Å². The van der Waals surface area contributed by atoms with Gasteiger partial charge in [0.2, 0.25) is 0 Å². The molecule has 1 N–H and O–H groups in total. The molecule has 2 atom stereocenters. The van der Waals surface area contributed by atoms with Gasteiger partial charge in [-0.05, 0) is 0 Å². The zero-order valence-electron chi connectivity index (χ0n) is 10.8. The third-order valence-electron chi connectivity index (χ3n) is 4.25. The summed E-state index contributed by atoms with van der Waals surface area (Å²) in [5, 5.41) is 0. The van der Waals surface area contributed by atoms with E-state index in [9.17, 15) is 0 Å². The number of quaternary nitrogens is 1. The van der Waals surface area contributed by atoms with E-state index in [0.717, 1.165) is 0 Å². The Bertz CT molecular complexity index is 444. The van der Waals surface area contributed by atoms with E-state index >= 15 is 0 Å². The summed E-state index contributed by atoms with van der Waals surface area (Å²) in [6.07, 6.45) is 2.57. The van der Waals surface area contributed by atoms with Gasteiger partial charge in [0, 0.05) is 24.0 Å². The first kappa shape index (κ1) is 11.5. The fraction of sp³-hybridized carbons (Fsp3) is 0.294. The monoisotopic (exact) mass is 238 g/mol. The summed E-state index contributed by atoms with van der Waals surface area (Å²) in [5.74, 6) is 0. The standard InChI is InChI=1S/C17H19N/c1-18-16(14-8-4-2-5-9-14)12-13-17(18)15-10-6-3-7-11-15/h2-11,16-17H,12-13H2,1H3/p+1/t16-,17-/m0/s1. The molecule has 18 heavy (non-hydrogen) atoms. The SMILES string of the molecule is C[NH+]1[C@H](c2ccccc2)CC[C@H]1c1ccccc1. The smallest absolute Gasteiger partial charge is 0.114 e. The third-order valence-corrected chi connectivity index (χ3v) is 4.25. The minimum Gasteiger partial charge on any atom is -0.325 e. The molecule has 0 aromatic heterocycles. The molecule has 1 saturated heterocycles. The van der Waals surface area contributed by atoms with E-state index in [1.54, 1.807) is 4.90 Å². The number of hydrogen-bond acceptors (Lipinski definition) is 0. The lowest BCUT2D eigenvalue weighted by Gasteiger charge is -2.23. The van der Waals surface area contributed by atoms with Crippen LogP contribution in [0.15, 0.2) is 60.7 Å². The molecule has 1 aliphatic rings. The average Bonchev–Trinajstić information content (AvgIpc) is 2.83. The van der Waals surface area contributed by atoms with E-state index in [0.29, 0.717) is 12.1 Å². The predicted octanol–water partition coefficient (Wildman–Crippen LogP) is 2.78. The first-order valence-electron chi connectivity index (χ1n) is 6.79. The van der Waals surface area contributed by atoms with Crippen molar-refractivity contribution in [1.29, 1.82) is 0 Å². The molecule has 0 saturated carbocycles. The molecule has 0 amide bonds. The zero-order chi connectivity index (χ0) is 12.4. The zero-order valence-corrected chi connectivity index (χ0v) is 10.8. The van der Waals surface area contributed by atoms with Crippen molar-refractivity contribution in [2.45, 2.75) is 24.9 Å². The Labute approximate surface area is 109 Å². The maximum absolute atomic E-state index is 2.34. The van der Waals surface area contributed by atoms with Gasteiger partial charge in [0.05, 0.1) is 7.05 Å². The number of benzene rings is 2. The Morgan fingerprint density at radius 2 is 1.11 bits per heavy atom. The molecule has 0 unspecified atom stereocenters. The van der Waals surface area contributed by atoms with E-state index in [4.69, 9.17) is 0 Å². The first-order valence-corrected chi connectivity index (χ1v) is 6.79. The van der Waals surface area contributed by atoms with Crippen molar-refractivity contribution in [1.82, 2.24) is 0 Å². The van der Waals surface area contributed by atoms with Crippen LogP contribution >= 0.6 is 0 Å². The van der Waals surface area contributed by atoms with Crippen molar-refractivity contribution >= 4 is 0 Å². The largest absolute Gasteiger partial charge is 0.325 e. The summed E-state index contributed by atoms with van der Waals surface area (Å²) in [7, 11) is 2.34. The van der Waals surface area contributed by atoms with E-state index in [-0.39, 0.29) is 0 Å². The number of hydrogen-bond donors (Lipinski definition) is 1. The van der Waals surface area contributed by atoms with E-state index in [1.807, 2.05) is 0 Å². The van der Waals surface area contributed by atoms with Gasteiger partial charge in [0.1, 0.15) is 12.1 Å². The topological polar surface area (TPSA) is 4.44 Å². The summed E-state index contributed by atoms with van der Waals surface area (Å²) in [6, 6.07) is 23.2. The second kappa shape index (κ2) is 4.95. The molecule has 0 radical (unpaired) electrons. The van der Waals surface area contributed by atoms with Gasteiger partial charge in [-0.1, -0.05) is 60.7 Å². The van der Waals surface area contributed by atoms with Gasteiger partial charge in [-0.2, -0.15) is 0 Å². The Morgan fingerprint density at radius 3 is 1.50 bits per heavy atom. The Balaban J connectivity index is 1.83.